The van der Waals surface area contributed by atoms with Gasteiger partial charge in [0.25, 0.3) is 0 Å². The number of hydrogen-bond acceptors (Lipinski definition) is 2. The molecule has 0 amide bonds. The summed E-state index contributed by atoms with van der Waals surface area (Å²) in [5, 5.41) is 1.04. The van der Waals surface area contributed by atoms with Gasteiger partial charge in [-0.1, -0.05) is 29.8 Å². The van der Waals surface area contributed by atoms with Gasteiger partial charge in [-0.25, -0.2) is 0 Å². The predicted molar refractivity (Wildman–Crippen MR) is 62.6 cm³/mol. The minimum Gasteiger partial charge on any atom is -0.466 e. The fourth-order valence-electron chi connectivity index (χ4n) is 1.27. The van der Waals surface area contributed by atoms with E-state index in [9.17, 15) is 4.79 Å². The lowest BCUT2D eigenvalue weighted by atomic mass is 9.96. The van der Waals surface area contributed by atoms with Crippen molar-refractivity contribution in [3.8, 4) is 0 Å². The molecule has 0 bridgehead atoms. The van der Waals surface area contributed by atoms with E-state index in [1.165, 1.54) is 6.42 Å². The summed E-state index contributed by atoms with van der Waals surface area (Å²) in [6.07, 6.45) is 3.22. The van der Waals surface area contributed by atoms with Crippen molar-refractivity contribution in [1.82, 2.24) is 0 Å². The molecule has 0 aliphatic heterocycles. The van der Waals surface area contributed by atoms with Crippen molar-refractivity contribution in [2.75, 3.05) is 11.9 Å². The first-order chi connectivity index (χ1) is 6.61. The molecule has 0 saturated carbocycles. The molecule has 0 aromatic rings. The number of ether oxygens (including phenoxy) is 1. The highest BCUT2D eigenvalue weighted by Gasteiger charge is 2.14. The standard InChI is InChI=1S/C11H21BrO2/c1-4-14-11(13)10(3)6-5-9(2)7-8-12/h9-10H,4-8H2,1-3H3. The Bertz CT molecular complexity index is 159. The van der Waals surface area contributed by atoms with Crippen molar-refractivity contribution >= 4 is 21.9 Å². The third-order valence-electron chi connectivity index (χ3n) is 2.38. The van der Waals surface area contributed by atoms with E-state index in [1.807, 2.05) is 13.8 Å². The second-order valence-corrected chi connectivity index (χ2v) is 4.61. The Morgan fingerprint density at radius 2 is 1.93 bits per heavy atom. The Hall–Kier alpha value is -0.0500. The zero-order valence-corrected chi connectivity index (χ0v) is 11.0. The topological polar surface area (TPSA) is 26.3 Å². The highest BCUT2D eigenvalue weighted by atomic mass is 79.9. The van der Waals surface area contributed by atoms with E-state index in [2.05, 4.69) is 22.9 Å². The van der Waals surface area contributed by atoms with E-state index in [0.717, 1.165) is 18.2 Å². The number of esters is 1. The van der Waals surface area contributed by atoms with Crippen molar-refractivity contribution in [2.24, 2.45) is 11.8 Å². The van der Waals surface area contributed by atoms with Gasteiger partial charge in [0.2, 0.25) is 0 Å². The van der Waals surface area contributed by atoms with Crippen LogP contribution in [0, 0.1) is 11.8 Å². The summed E-state index contributed by atoms with van der Waals surface area (Å²) in [5.41, 5.74) is 0. The zero-order valence-electron chi connectivity index (χ0n) is 9.38. The third kappa shape index (κ3) is 6.41. The highest BCUT2D eigenvalue weighted by molar-refractivity contribution is 9.09. The van der Waals surface area contributed by atoms with Gasteiger partial charge in [-0.3, -0.25) is 4.79 Å². The number of rotatable bonds is 7. The van der Waals surface area contributed by atoms with E-state index < -0.39 is 0 Å². The molecule has 0 spiro atoms. The van der Waals surface area contributed by atoms with Gasteiger partial charge in [-0.2, -0.15) is 0 Å². The molecule has 2 atom stereocenters. The van der Waals surface area contributed by atoms with Crippen LogP contribution in [0.3, 0.4) is 0 Å². The van der Waals surface area contributed by atoms with Crippen LogP contribution >= 0.6 is 15.9 Å². The van der Waals surface area contributed by atoms with Crippen molar-refractivity contribution in [2.45, 2.75) is 40.0 Å². The Morgan fingerprint density at radius 1 is 1.29 bits per heavy atom. The van der Waals surface area contributed by atoms with Crippen LogP contribution in [-0.4, -0.2) is 17.9 Å². The quantitative estimate of drug-likeness (QED) is 0.521. The molecule has 0 saturated heterocycles. The maximum Gasteiger partial charge on any atom is 0.308 e. The van der Waals surface area contributed by atoms with Crippen LogP contribution in [0.5, 0.6) is 0 Å². The molecule has 0 N–H and O–H groups in total. The van der Waals surface area contributed by atoms with Gasteiger partial charge in [-0.05, 0) is 32.1 Å². The second-order valence-electron chi connectivity index (χ2n) is 3.81. The van der Waals surface area contributed by atoms with Crippen LogP contribution in [0.2, 0.25) is 0 Å². The molecule has 0 fully saturated rings. The molecule has 3 heteroatoms. The van der Waals surface area contributed by atoms with Crippen LogP contribution in [0.15, 0.2) is 0 Å². The van der Waals surface area contributed by atoms with Gasteiger partial charge < -0.3 is 4.74 Å². The van der Waals surface area contributed by atoms with Gasteiger partial charge >= 0.3 is 5.97 Å². The lowest BCUT2D eigenvalue weighted by Crippen LogP contribution is -2.15. The summed E-state index contributed by atoms with van der Waals surface area (Å²) < 4.78 is 4.95. The number of halogens is 1. The summed E-state index contributed by atoms with van der Waals surface area (Å²) >= 11 is 3.42. The van der Waals surface area contributed by atoms with Crippen LogP contribution in [-0.2, 0) is 9.53 Å². The second kappa shape index (κ2) is 8.27. The summed E-state index contributed by atoms with van der Waals surface area (Å²) in [6, 6.07) is 0. The zero-order chi connectivity index (χ0) is 11.0. The minimum absolute atomic E-state index is 0.0488. The van der Waals surface area contributed by atoms with Gasteiger partial charge in [0.15, 0.2) is 0 Å². The van der Waals surface area contributed by atoms with Crippen molar-refractivity contribution < 1.29 is 9.53 Å². The largest absolute Gasteiger partial charge is 0.466 e. The molecule has 2 nitrogen and oxygen atoms in total. The molecule has 0 radical (unpaired) electrons. The molecule has 0 aromatic heterocycles. The predicted octanol–water partition coefficient (Wildman–Crippen LogP) is 3.39. The Kier molecular flexibility index (Phi) is 8.24. The summed E-state index contributed by atoms with van der Waals surface area (Å²) in [7, 11) is 0. The Balaban J connectivity index is 3.61. The number of hydrogen-bond donors (Lipinski definition) is 0. The van der Waals surface area contributed by atoms with Gasteiger partial charge in [0.05, 0.1) is 12.5 Å². The molecule has 0 heterocycles. The van der Waals surface area contributed by atoms with Crippen LogP contribution < -0.4 is 0 Å². The average molecular weight is 265 g/mol. The van der Waals surface area contributed by atoms with Gasteiger partial charge in [0.1, 0.15) is 0 Å². The van der Waals surface area contributed by atoms with Gasteiger partial charge in [0, 0.05) is 5.33 Å². The molecule has 2 unspecified atom stereocenters. The summed E-state index contributed by atoms with van der Waals surface area (Å²) in [4.78, 5) is 11.3. The first kappa shape index (κ1) is 13.9. The van der Waals surface area contributed by atoms with Crippen molar-refractivity contribution in [3.05, 3.63) is 0 Å². The Labute approximate surface area is 95.5 Å². The van der Waals surface area contributed by atoms with E-state index in [1.54, 1.807) is 0 Å². The summed E-state index contributed by atoms with van der Waals surface area (Å²) in [6.45, 7) is 6.50. The van der Waals surface area contributed by atoms with Crippen LogP contribution in [0.4, 0.5) is 0 Å². The SMILES string of the molecule is CCOC(=O)C(C)CCC(C)CCBr. The number of carbonyl (C=O) groups excluding carboxylic acids is 1. The molecular formula is C11H21BrO2. The van der Waals surface area contributed by atoms with Crippen molar-refractivity contribution in [1.29, 1.82) is 0 Å². The fourth-order valence-corrected chi connectivity index (χ4v) is 2.05. The third-order valence-corrected chi connectivity index (χ3v) is 2.84. The minimum atomic E-state index is -0.0569. The smallest absolute Gasteiger partial charge is 0.308 e. The first-order valence-electron chi connectivity index (χ1n) is 5.34. The summed E-state index contributed by atoms with van der Waals surface area (Å²) in [5.74, 6) is 0.678. The number of carbonyl (C=O) groups is 1. The van der Waals surface area contributed by atoms with Crippen molar-refractivity contribution in [3.63, 3.8) is 0 Å². The monoisotopic (exact) mass is 264 g/mol. The first-order valence-corrected chi connectivity index (χ1v) is 6.46. The number of alkyl halides is 1. The molecule has 14 heavy (non-hydrogen) atoms. The molecule has 0 aliphatic rings. The van der Waals surface area contributed by atoms with E-state index >= 15 is 0 Å². The molecular weight excluding hydrogens is 244 g/mol. The lowest BCUT2D eigenvalue weighted by molar-refractivity contribution is -0.147. The maximum absolute atomic E-state index is 11.3. The normalized spacial score (nSPS) is 14.9. The molecule has 0 aromatic carbocycles. The van der Waals surface area contributed by atoms with Crippen LogP contribution in [0.25, 0.3) is 0 Å². The fraction of sp³-hybridized carbons (Fsp3) is 0.909. The van der Waals surface area contributed by atoms with E-state index in [4.69, 9.17) is 4.74 Å². The average Bonchev–Trinajstić information content (AvgIpc) is 2.15. The molecule has 0 rings (SSSR count). The Morgan fingerprint density at radius 3 is 2.43 bits per heavy atom. The van der Waals surface area contributed by atoms with Gasteiger partial charge in [-0.15, -0.1) is 0 Å². The van der Waals surface area contributed by atoms with E-state index in [-0.39, 0.29) is 11.9 Å². The van der Waals surface area contributed by atoms with Crippen LogP contribution in [0.1, 0.15) is 40.0 Å². The highest BCUT2D eigenvalue weighted by Crippen LogP contribution is 2.16. The lowest BCUT2D eigenvalue weighted by Gasteiger charge is -2.13. The van der Waals surface area contributed by atoms with E-state index in [0.29, 0.717) is 12.5 Å². The molecule has 0 aliphatic carbocycles. The maximum atomic E-state index is 11.3. The molecule has 84 valence electrons.